The maximum atomic E-state index is 13.0. The van der Waals surface area contributed by atoms with Crippen molar-refractivity contribution in [1.29, 1.82) is 0 Å². The summed E-state index contributed by atoms with van der Waals surface area (Å²) in [5.74, 6) is 0.267. The molecule has 1 saturated heterocycles. The fourth-order valence-electron chi connectivity index (χ4n) is 4.52. The minimum atomic E-state index is -0.150. The van der Waals surface area contributed by atoms with E-state index in [1.54, 1.807) is 34.1 Å². The number of nitrogens with zero attached hydrogens (tertiary/aromatic N) is 4. The molecule has 1 fully saturated rings. The fraction of sp³-hybridized carbons (Fsp3) is 0.333. The van der Waals surface area contributed by atoms with Gasteiger partial charge in [0.2, 0.25) is 0 Å². The predicted molar refractivity (Wildman–Crippen MR) is 116 cm³/mol. The average Bonchev–Trinajstić information content (AvgIpc) is 3.47. The van der Waals surface area contributed by atoms with E-state index in [0.717, 1.165) is 35.5 Å². The van der Waals surface area contributed by atoms with Crippen molar-refractivity contribution in [3.05, 3.63) is 70.9 Å². The van der Waals surface area contributed by atoms with Gasteiger partial charge in [-0.1, -0.05) is 0 Å². The van der Waals surface area contributed by atoms with Crippen LogP contribution < -0.4 is 0 Å². The quantitative estimate of drug-likeness (QED) is 0.635. The van der Waals surface area contributed by atoms with Crippen LogP contribution in [-0.4, -0.2) is 63.4 Å². The van der Waals surface area contributed by atoms with Gasteiger partial charge in [-0.15, -0.1) is 0 Å². The van der Waals surface area contributed by atoms with Crippen LogP contribution in [0.15, 0.2) is 47.1 Å². The van der Waals surface area contributed by atoms with Crippen molar-refractivity contribution in [2.24, 2.45) is 0 Å². The summed E-state index contributed by atoms with van der Waals surface area (Å²) in [4.78, 5) is 41.1. The molecule has 1 aliphatic carbocycles. The molecule has 3 heterocycles. The van der Waals surface area contributed by atoms with Gasteiger partial charge in [0.25, 0.3) is 11.8 Å². The van der Waals surface area contributed by atoms with Crippen LogP contribution >= 0.6 is 0 Å². The second-order valence-corrected chi connectivity index (χ2v) is 8.20. The number of rotatable bonds is 3. The molecule has 8 nitrogen and oxygen atoms in total. The number of carbonyl (C=O) groups excluding carboxylic acids is 3. The first kappa shape index (κ1) is 20.2. The van der Waals surface area contributed by atoms with Crippen molar-refractivity contribution in [3.63, 3.8) is 0 Å². The molecule has 8 heteroatoms. The first-order chi connectivity index (χ1) is 15.5. The number of fused-ring (bicyclic) bond motifs is 1. The molecule has 5 rings (SSSR count). The SMILES string of the molecule is Cc1nn(-c2ccc(C(=O)N3CCN(C(=O)c4ccco4)CC3)cc2)c2c1C(=O)CCC2. The molecule has 1 aliphatic heterocycles. The van der Waals surface area contributed by atoms with Gasteiger partial charge in [-0.3, -0.25) is 14.4 Å². The second kappa shape index (κ2) is 8.11. The Morgan fingerprint density at radius 3 is 2.28 bits per heavy atom. The van der Waals surface area contributed by atoms with Crippen LogP contribution in [0, 0.1) is 6.92 Å². The van der Waals surface area contributed by atoms with Crippen LogP contribution in [0.2, 0.25) is 0 Å². The van der Waals surface area contributed by atoms with E-state index in [0.29, 0.717) is 43.9 Å². The Balaban J connectivity index is 1.27. The predicted octanol–water partition coefficient (Wildman–Crippen LogP) is 2.89. The molecular weight excluding hydrogens is 408 g/mol. The summed E-state index contributed by atoms with van der Waals surface area (Å²) in [6, 6.07) is 10.7. The summed E-state index contributed by atoms with van der Waals surface area (Å²) in [6.07, 6.45) is 3.72. The fourth-order valence-corrected chi connectivity index (χ4v) is 4.52. The van der Waals surface area contributed by atoms with E-state index in [1.807, 2.05) is 23.7 Å². The largest absolute Gasteiger partial charge is 0.459 e. The Morgan fingerprint density at radius 1 is 0.938 bits per heavy atom. The molecule has 3 aromatic rings. The topological polar surface area (TPSA) is 88.7 Å². The molecule has 0 saturated carbocycles. The summed E-state index contributed by atoms with van der Waals surface area (Å²) in [5.41, 5.74) is 3.89. The van der Waals surface area contributed by atoms with Gasteiger partial charge in [-0.25, -0.2) is 4.68 Å². The average molecular weight is 432 g/mol. The monoisotopic (exact) mass is 432 g/mol. The van der Waals surface area contributed by atoms with Gasteiger partial charge in [0, 0.05) is 38.2 Å². The van der Waals surface area contributed by atoms with E-state index in [2.05, 4.69) is 5.10 Å². The molecule has 0 atom stereocenters. The van der Waals surface area contributed by atoms with Crippen LogP contribution in [0.3, 0.4) is 0 Å². The van der Waals surface area contributed by atoms with E-state index in [-0.39, 0.29) is 17.6 Å². The third kappa shape index (κ3) is 3.51. The number of piperazine rings is 1. The maximum absolute atomic E-state index is 13.0. The standard InChI is InChI=1S/C24H24N4O4/c1-16-22-19(4-2-5-20(22)29)28(25-16)18-9-7-17(8-10-18)23(30)26-11-13-27(14-12-26)24(31)21-6-3-15-32-21/h3,6-10,15H,2,4-5,11-14H2,1H3. The van der Waals surface area contributed by atoms with Gasteiger partial charge in [0.15, 0.2) is 11.5 Å². The lowest BCUT2D eigenvalue weighted by molar-refractivity contribution is 0.0518. The Hall–Kier alpha value is -3.68. The molecule has 164 valence electrons. The Kier molecular flexibility index (Phi) is 5.13. The van der Waals surface area contributed by atoms with Crippen LogP contribution in [0.4, 0.5) is 0 Å². The zero-order valence-corrected chi connectivity index (χ0v) is 17.9. The number of amides is 2. The molecule has 2 amide bonds. The first-order valence-corrected chi connectivity index (χ1v) is 10.9. The van der Waals surface area contributed by atoms with Gasteiger partial charge < -0.3 is 14.2 Å². The lowest BCUT2D eigenvalue weighted by Crippen LogP contribution is -2.50. The van der Waals surface area contributed by atoms with Gasteiger partial charge in [0.05, 0.1) is 28.9 Å². The van der Waals surface area contributed by atoms with Crippen molar-refractivity contribution >= 4 is 17.6 Å². The highest BCUT2D eigenvalue weighted by Crippen LogP contribution is 2.26. The number of hydrogen-bond donors (Lipinski definition) is 0. The molecule has 0 unspecified atom stereocenters. The second-order valence-electron chi connectivity index (χ2n) is 8.20. The number of ketones is 1. The maximum Gasteiger partial charge on any atom is 0.289 e. The van der Waals surface area contributed by atoms with E-state index >= 15 is 0 Å². The van der Waals surface area contributed by atoms with Crippen molar-refractivity contribution in [2.45, 2.75) is 26.2 Å². The summed E-state index contributed by atoms with van der Waals surface area (Å²) in [7, 11) is 0. The zero-order chi connectivity index (χ0) is 22.2. The highest BCUT2D eigenvalue weighted by atomic mass is 16.3. The third-order valence-corrected chi connectivity index (χ3v) is 6.20. The summed E-state index contributed by atoms with van der Waals surface area (Å²) in [5, 5.41) is 4.58. The smallest absolute Gasteiger partial charge is 0.289 e. The van der Waals surface area contributed by atoms with Crippen molar-refractivity contribution < 1.29 is 18.8 Å². The van der Waals surface area contributed by atoms with Crippen LogP contribution in [-0.2, 0) is 6.42 Å². The van der Waals surface area contributed by atoms with E-state index < -0.39 is 0 Å². The van der Waals surface area contributed by atoms with Crippen molar-refractivity contribution in [3.8, 4) is 5.69 Å². The number of furan rings is 1. The molecule has 1 aromatic carbocycles. The Morgan fingerprint density at radius 2 is 1.62 bits per heavy atom. The molecule has 0 spiro atoms. The van der Waals surface area contributed by atoms with Gasteiger partial charge in [-0.05, 0) is 56.2 Å². The Bertz CT molecular complexity index is 1170. The molecule has 32 heavy (non-hydrogen) atoms. The van der Waals surface area contributed by atoms with Crippen LogP contribution in [0.1, 0.15) is 55.5 Å². The molecule has 0 bridgehead atoms. The summed E-state index contributed by atoms with van der Waals surface area (Å²) < 4.78 is 7.01. The molecular formula is C24H24N4O4. The number of aromatic nitrogens is 2. The first-order valence-electron chi connectivity index (χ1n) is 10.9. The van der Waals surface area contributed by atoms with Gasteiger partial charge in [0.1, 0.15) is 0 Å². The highest BCUT2D eigenvalue weighted by molar-refractivity contribution is 5.99. The van der Waals surface area contributed by atoms with Gasteiger partial charge in [-0.2, -0.15) is 5.10 Å². The van der Waals surface area contributed by atoms with E-state index in [9.17, 15) is 14.4 Å². The van der Waals surface area contributed by atoms with Crippen molar-refractivity contribution in [2.75, 3.05) is 26.2 Å². The summed E-state index contributed by atoms with van der Waals surface area (Å²) >= 11 is 0. The highest BCUT2D eigenvalue weighted by Gasteiger charge is 2.28. The number of aryl methyl sites for hydroxylation is 1. The molecule has 0 N–H and O–H groups in total. The Labute approximate surface area is 185 Å². The summed E-state index contributed by atoms with van der Waals surface area (Å²) in [6.45, 7) is 3.75. The number of carbonyl (C=O) groups is 3. The third-order valence-electron chi connectivity index (χ3n) is 6.20. The zero-order valence-electron chi connectivity index (χ0n) is 17.9. The molecule has 2 aliphatic rings. The van der Waals surface area contributed by atoms with Crippen molar-refractivity contribution in [1.82, 2.24) is 19.6 Å². The van der Waals surface area contributed by atoms with E-state index in [4.69, 9.17) is 4.42 Å². The minimum absolute atomic E-state index is 0.0597. The van der Waals surface area contributed by atoms with Gasteiger partial charge >= 0.3 is 0 Å². The number of Topliss-reactive ketones (excluding diaryl/α,β-unsaturated/α-hetero) is 1. The van der Waals surface area contributed by atoms with Crippen LogP contribution in [0.25, 0.3) is 5.69 Å². The number of benzene rings is 1. The molecule has 0 radical (unpaired) electrons. The normalized spacial score (nSPS) is 16.2. The lowest BCUT2D eigenvalue weighted by Gasteiger charge is -2.34. The molecule has 2 aromatic heterocycles. The van der Waals surface area contributed by atoms with Crippen LogP contribution in [0.5, 0.6) is 0 Å². The van der Waals surface area contributed by atoms with E-state index in [1.165, 1.54) is 6.26 Å². The lowest BCUT2D eigenvalue weighted by atomic mass is 9.94. The number of hydrogen-bond acceptors (Lipinski definition) is 5. The minimum Gasteiger partial charge on any atom is -0.459 e.